The van der Waals surface area contributed by atoms with Crippen LogP contribution in [-0.2, 0) is 16.1 Å². The summed E-state index contributed by atoms with van der Waals surface area (Å²) in [5.74, 6) is 0.156. The van der Waals surface area contributed by atoms with Gasteiger partial charge in [-0.15, -0.1) is 0 Å². The van der Waals surface area contributed by atoms with Gasteiger partial charge in [0.1, 0.15) is 6.54 Å². The molecule has 0 atom stereocenters. The van der Waals surface area contributed by atoms with E-state index in [-0.39, 0.29) is 17.7 Å². The maximum absolute atomic E-state index is 12.5. The Balaban J connectivity index is 1.18. The highest BCUT2D eigenvalue weighted by atomic mass is 16.2. The normalized spacial score (nSPS) is 21.5. The standard InChI is InChI=1S/C25H32N4O2/c30-24(26-23-10-8-20(9-11-23)18-28-14-4-5-15-28)19-29-16-12-21(13-17-29)25(31)27-22-6-2-1-3-7-22/h1-3,6-11,21H,4-5,12-19H2,(H,26,30)(H,27,31)/p+2. The Morgan fingerprint density at radius 1 is 0.774 bits per heavy atom. The van der Waals surface area contributed by atoms with Crippen LogP contribution in [0.3, 0.4) is 0 Å². The lowest BCUT2D eigenvalue weighted by Crippen LogP contribution is -3.14. The minimum Gasteiger partial charge on any atom is -0.331 e. The van der Waals surface area contributed by atoms with Crippen molar-refractivity contribution in [2.75, 3.05) is 43.4 Å². The summed E-state index contributed by atoms with van der Waals surface area (Å²) in [4.78, 5) is 27.9. The molecule has 0 bridgehead atoms. The molecule has 0 aromatic heterocycles. The van der Waals surface area contributed by atoms with Crippen LogP contribution in [0, 0.1) is 5.92 Å². The summed E-state index contributed by atoms with van der Waals surface area (Å²) in [5, 5.41) is 6.03. The molecule has 0 unspecified atom stereocenters. The summed E-state index contributed by atoms with van der Waals surface area (Å²) in [5.41, 5.74) is 3.03. The molecule has 4 N–H and O–H groups in total. The molecule has 0 saturated carbocycles. The first kappa shape index (κ1) is 21.5. The van der Waals surface area contributed by atoms with Crippen molar-refractivity contribution in [3.8, 4) is 0 Å². The quantitative estimate of drug-likeness (QED) is 0.532. The van der Waals surface area contributed by atoms with Crippen molar-refractivity contribution in [1.82, 2.24) is 0 Å². The summed E-state index contributed by atoms with van der Waals surface area (Å²) >= 11 is 0. The molecule has 0 spiro atoms. The van der Waals surface area contributed by atoms with E-state index >= 15 is 0 Å². The zero-order valence-electron chi connectivity index (χ0n) is 18.2. The van der Waals surface area contributed by atoms with Gasteiger partial charge in [-0.1, -0.05) is 30.3 Å². The first-order valence-electron chi connectivity index (χ1n) is 11.6. The number of likely N-dealkylation sites (tertiary alicyclic amines) is 2. The molecule has 2 aromatic rings. The summed E-state index contributed by atoms with van der Waals surface area (Å²) in [7, 11) is 0. The molecule has 2 heterocycles. The molecule has 2 amide bonds. The van der Waals surface area contributed by atoms with Gasteiger partial charge in [0.15, 0.2) is 6.54 Å². The van der Waals surface area contributed by atoms with E-state index in [0.717, 1.165) is 43.9 Å². The van der Waals surface area contributed by atoms with Gasteiger partial charge in [-0.25, -0.2) is 0 Å². The molecule has 2 fully saturated rings. The summed E-state index contributed by atoms with van der Waals surface area (Å²) in [6.07, 6.45) is 4.30. The number of amides is 2. The SMILES string of the molecule is O=C(C[NH+]1CCC(C(=O)Nc2ccccc2)CC1)Nc1ccc(C[NH+]2CCCC2)cc1. The van der Waals surface area contributed by atoms with E-state index in [9.17, 15) is 9.59 Å². The Kier molecular flexibility index (Phi) is 7.33. The average Bonchev–Trinajstić information content (AvgIpc) is 3.29. The maximum Gasteiger partial charge on any atom is 0.279 e. The molecular formula is C25H34N4O2+2. The van der Waals surface area contributed by atoms with Crippen LogP contribution < -0.4 is 20.4 Å². The number of benzene rings is 2. The fourth-order valence-corrected chi connectivity index (χ4v) is 4.71. The zero-order chi connectivity index (χ0) is 21.5. The number of carbonyl (C=O) groups is 2. The Morgan fingerprint density at radius 2 is 1.42 bits per heavy atom. The van der Waals surface area contributed by atoms with Crippen molar-refractivity contribution < 1.29 is 19.4 Å². The Morgan fingerprint density at radius 3 is 2.10 bits per heavy atom. The second-order valence-electron chi connectivity index (χ2n) is 8.94. The third-order valence-corrected chi connectivity index (χ3v) is 6.52. The number of rotatable bonds is 7. The van der Waals surface area contributed by atoms with Crippen LogP contribution in [0.15, 0.2) is 54.6 Å². The van der Waals surface area contributed by atoms with Crippen molar-refractivity contribution >= 4 is 23.2 Å². The third kappa shape index (κ3) is 6.39. The lowest BCUT2D eigenvalue weighted by Gasteiger charge is -2.28. The largest absolute Gasteiger partial charge is 0.331 e. The van der Waals surface area contributed by atoms with Crippen molar-refractivity contribution in [3.63, 3.8) is 0 Å². The van der Waals surface area contributed by atoms with Crippen LogP contribution in [-0.4, -0.2) is 44.5 Å². The van der Waals surface area contributed by atoms with E-state index in [1.54, 1.807) is 4.90 Å². The van der Waals surface area contributed by atoms with E-state index < -0.39 is 0 Å². The van der Waals surface area contributed by atoms with Gasteiger partial charge in [-0.2, -0.15) is 0 Å². The van der Waals surface area contributed by atoms with Crippen LogP contribution in [0.2, 0.25) is 0 Å². The Hall–Kier alpha value is -2.70. The second kappa shape index (κ2) is 10.6. The monoisotopic (exact) mass is 422 g/mol. The van der Waals surface area contributed by atoms with Gasteiger partial charge in [-0.05, 0) is 24.3 Å². The molecule has 0 aliphatic carbocycles. The number of hydrogen-bond donors (Lipinski definition) is 4. The Labute approximate surface area is 184 Å². The van der Waals surface area contributed by atoms with Crippen molar-refractivity contribution in [1.29, 1.82) is 0 Å². The van der Waals surface area contributed by atoms with Gasteiger partial charge < -0.3 is 20.4 Å². The summed E-state index contributed by atoms with van der Waals surface area (Å²) < 4.78 is 0. The molecule has 164 valence electrons. The number of hydrogen-bond acceptors (Lipinski definition) is 2. The van der Waals surface area contributed by atoms with Crippen LogP contribution in [0.25, 0.3) is 0 Å². The maximum atomic E-state index is 12.5. The van der Waals surface area contributed by atoms with Crippen LogP contribution in [0.5, 0.6) is 0 Å². The Bertz CT molecular complexity index is 855. The van der Waals surface area contributed by atoms with Gasteiger partial charge >= 0.3 is 0 Å². The second-order valence-corrected chi connectivity index (χ2v) is 8.94. The van der Waals surface area contributed by atoms with Crippen molar-refractivity contribution in [3.05, 3.63) is 60.2 Å². The van der Waals surface area contributed by atoms with Gasteiger partial charge in [-0.3, -0.25) is 9.59 Å². The predicted octanol–water partition coefficient (Wildman–Crippen LogP) is 0.737. The van der Waals surface area contributed by atoms with Gasteiger partial charge in [0.05, 0.1) is 26.2 Å². The molecular weight excluding hydrogens is 388 g/mol. The number of para-hydroxylation sites is 1. The number of quaternary nitrogens is 2. The minimum atomic E-state index is 0.0253. The van der Waals surface area contributed by atoms with Crippen LogP contribution in [0.4, 0.5) is 11.4 Å². The molecule has 6 nitrogen and oxygen atoms in total. The van der Waals surface area contributed by atoms with E-state index in [1.807, 2.05) is 42.5 Å². The van der Waals surface area contributed by atoms with E-state index in [1.165, 1.54) is 36.4 Å². The molecule has 6 heteroatoms. The van der Waals surface area contributed by atoms with Crippen LogP contribution in [0.1, 0.15) is 31.2 Å². The number of nitrogens with one attached hydrogen (secondary N) is 4. The number of carbonyl (C=O) groups excluding carboxylic acids is 2. The molecule has 4 rings (SSSR count). The third-order valence-electron chi connectivity index (χ3n) is 6.52. The molecule has 2 aliphatic rings. The highest BCUT2D eigenvalue weighted by Crippen LogP contribution is 2.14. The summed E-state index contributed by atoms with van der Waals surface area (Å²) in [6, 6.07) is 17.9. The lowest BCUT2D eigenvalue weighted by atomic mass is 9.96. The zero-order valence-corrected chi connectivity index (χ0v) is 18.2. The molecule has 2 aromatic carbocycles. The van der Waals surface area contributed by atoms with E-state index in [4.69, 9.17) is 0 Å². The molecule has 2 saturated heterocycles. The minimum absolute atomic E-state index is 0.0253. The fourth-order valence-electron chi connectivity index (χ4n) is 4.71. The predicted molar refractivity (Wildman–Crippen MR) is 122 cm³/mol. The molecule has 0 radical (unpaired) electrons. The topological polar surface area (TPSA) is 67.1 Å². The van der Waals surface area contributed by atoms with Gasteiger partial charge in [0.25, 0.3) is 5.91 Å². The number of anilines is 2. The van der Waals surface area contributed by atoms with Crippen molar-refractivity contribution in [2.24, 2.45) is 5.92 Å². The average molecular weight is 423 g/mol. The van der Waals surface area contributed by atoms with Gasteiger partial charge in [0, 0.05) is 48.5 Å². The van der Waals surface area contributed by atoms with E-state index in [0.29, 0.717) is 6.54 Å². The van der Waals surface area contributed by atoms with Gasteiger partial charge in [0.2, 0.25) is 5.91 Å². The lowest BCUT2D eigenvalue weighted by molar-refractivity contribution is -0.901. The summed E-state index contributed by atoms with van der Waals surface area (Å²) in [6.45, 7) is 5.76. The highest BCUT2D eigenvalue weighted by molar-refractivity contribution is 5.92. The first-order chi connectivity index (χ1) is 15.2. The molecule has 2 aliphatic heterocycles. The first-order valence-corrected chi connectivity index (χ1v) is 11.6. The highest BCUT2D eigenvalue weighted by Gasteiger charge is 2.28. The van der Waals surface area contributed by atoms with Crippen molar-refractivity contribution in [2.45, 2.75) is 32.2 Å². The smallest absolute Gasteiger partial charge is 0.279 e. The fraction of sp³-hybridized carbons (Fsp3) is 0.440. The number of piperidine rings is 1. The molecule has 31 heavy (non-hydrogen) atoms. The van der Waals surface area contributed by atoms with E-state index in [2.05, 4.69) is 22.8 Å². The van der Waals surface area contributed by atoms with Crippen LogP contribution >= 0.6 is 0 Å².